The Kier molecular flexibility index (Phi) is 25.8. The highest BCUT2D eigenvalue weighted by molar-refractivity contribution is 5.91. The highest BCUT2D eigenvalue weighted by Gasteiger charge is 2.36. The molecular weight excluding hydrogens is 512 g/mol. The van der Waals surface area contributed by atoms with Gasteiger partial charge in [0.2, 0.25) is 0 Å². The van der Waals surface area contributed by atoms with E-state index < -0.39 is 31.0 Å². The molecule has 1 aliphatic rings. The second kappa shape index (κ2) is 24.1. The standard InChI is InChI=1S/C14H25F2NO5.C11H20O.C2H4O.C2H6/c1-9(2)21-13(18)6-14(15,16)8-20-17(19)7-12-5-10(3)11(4)22-12;1-5-9(3)7-8-11(12)10(4)6-2;1-2-3;1-2/h9-12,19H,5-8H2,1-4H3;7-10H,5-6H2,1-4H3;2H,1H3;1-2H3/b;8-7-;;. The molecule has 0 amide bonds. The zero-order valence-corrected chi connectivity index (χ0v) is 26.0. The molecule has 5 unspecified atom stereocenters. The van der Waals surface area contributed by atoms with Gasteiger partial charge in [0.1, 0.15) is 19.3 Å². The fourth-order valence-electron chi connectivity index (χ4n) is 2.94. The van der Waals surface area contributed by atoms with Crippen LogP contribution in [0.25, 0.3) is 0 Å². The largest absolute Gasteiger partial charge is 0.463 e. The van der Waals surface area contributed by atoms with Crippen LogP contribution in [0.2, 0.25) is 0 Å². The fraction of sp³-hybridized carbons (Fsp3) is 0.828. The number of hydrogen-bond acceptors (Lipinski definition) is 8. The number of carbonyl (C=O) groups is 3. The number of rotatable bonds is 13. The molecular formula is C29H55F2NO7. The van der Waals surface area contributed by atoms with Crippen molar-refractivity contribution in [2.24, 2.45) is 17.8 Å². The van der Waals surface area contributed by atoms with Gasteiger partial charge in [0, 0.05) is 5.92 Å². The maximum Gasteiger partial charge on any atom is 0.312 e. The van der Waals surface area contributed by atoms with Crippen molar-refractivity contribution in [3.8, 4) is 0 Å². The minimum atomic E-state index is -3.41. The van der Waals surface area contributed by atoms with Crippen molar-refractivity contribution in [2.75, 3.05) is 13.2 Å². The van der Waals surface area contributed by atoms with Crippen molar-refractivity contribution < 1.29 is 42.7 Å². The molecule has 0 radical (unpaired) electrons. The number of esters is 1. The predicted molar refractivity (Wildman–Crippen MR) is 149 cm³/mol. The first kappa shape index (κ1) is 41.7. The smallest absolute Gasteiger partial charge is 0.312 e. The molecule has 5 atom stereocenters. The van der Waals surface area contributed by atoms with E-state index in [0.717, 1.165) is 25.5 Å². The lowest BCUT2D eigenvalue weighted by Gasteiger charge is -2.22. The van der Waals surface area contributed by atoms with Gasteiger partial charge in [-0.2, -0.15) is 0 Å². The normalized spacial score (nSPS) is 20.2. The number of hydroxylamine groups is 2. The second-order valence-corrected chi connectivity index (χ2v) is 9.75. The highest BCUT2D eigenvalue weighted by atomic mass is 19.3. The third kappa shape index (κ3) is 23.8. The summed E-state index contributed by atoms with van der Waals surface area (Å²) in [5, 5.41) is 9.85. The van der Waals surface area contributed by atoms with E-state index in [9.17, 15) is 23.6 Å². The van der Waals surface area contributed by atoms with Gasteiger partial charge < -0.3 is 14.3 Å². The predicted octanol–water partition coefficient (Wildman–Crippen LogP) is 6.84. The lowest BCUT2D eigenvalue weighted by atomic mass is 10.0. The average Bonchev–Trinajstić information content (AvgIpc) is 3.17. The van der Waals surface area contributed by atoms with Gasteiger partial charge in [0.25, 0.3) is 5.92 Å². The number of aldehydes is 1. The minimum absolute atomic E-state index is 0.0266. The first-order chi connectivity index (χ1) is 18.1. The van der Waals surface area contributed by atoms with Gasteiger partial charge >= 0.3 is 5.97 Å². The molecule has 10 heteroatoms. The van der Waals surface area contributed by atoms with Crippen LogP contribution < -0.4 is 0 Å². The molecule has 0 aromatic carbocycles. The van der Waals surface area contributed by atoms with Gasteiger partial charge in [-0.1, -0.05) is 66.2 Å². The molecule has 0 aromatic heterocycles. The minimum Gasteiger partial charge on any atom is -0.463 e. The van der Waals surface area contributed by atoms with Crippen LogP contribution in [-0.2, 0) is 28.7 Å². The van der Waals surface area contributed by atoms with E-state index in [1.165, 1.54) is 6.92 Å². The first-order valence-corrected chi connectivity index (χ1v) is 14.1. The molecule has 39 heavy (non-hydrogen) atoms. The molecule has 1 aliphatic heterocycles. The van der Waals surface area contributed by atoms with Gasteiger partial charge in [-0.05, 0) is 58.4 Å². The SMILES string of the molecule is CC.CC(C)OC(=O)CC(F)(F)CON(O)CC1CC(C)C(C)O1.CC=O.CCC(C)/C=C\C(=O)C(C)CC. The molecule has 0 spiro atoms. The number of ether oxygens (including phenoxy) is 2. The Hall–Kier alpha value is -1.75. The van der Waals surface area contributed by atoms with Crippen LogP contribution >= 0.6 is 0 Å². The van der Waals surface area contributed by atoms with Crippen LogP contribution in [0.5, 0.6) is 0 Å². The summed E-state index contributed by atoms with van der Waals surface area (Å²) in [5.41, 5.74) is 0. The summed E-state index contributed by atoms with van der Waals surface area (Å²) in [7, 11) is 0. The van der Waals surface area contributed by atoms with E-state index in [0.29, 0.717) is 17.1 Å². The maximum absolute atomic E-state index is 13.5. The van der Waals surface area contributed by atoms with E-state index in [4.69, 9.17) is 9.53 Å². The Balaban J connectivity index is -0.000000642. The fourth-order valence-corrected chi connectivity index (χ4v) is 2.94. The molecule has 0 aromatic rings. The zero-order valence-electron chi connectivity index (χ0n) is 26.0. The van der Waals surface area contributed by atoms with E-state index in [2.05, 4.69) is 23.4 Å². The lowest BCUT2D eigenvalue weighted by Crippen LogP contribution is -2.36. The average molecular weight is 568 g/mol. The summed E-state index contributed by atoms with van der Waals surface area (Å²) < 4.78 is 37.3. The van der Waals surface area contributed by atoms with Crippen molar-refractivity contribution in [3.63, 3.8) is 0 Å². The van der Waals surface area contributed by atoms with Crippen molar-refractivity contribution in [1.29, 1.82) is 0 Å². The number of nitrogens with zero attached hydrogens (tertiary/aromatic N) is 1. The Morgan fingerprint density at radius 2 is 1.67 bits per heavy atom. The zero-order chi connectivity index (χ0) is 31.2. The third-order valence-corrected chi connectivity index (χ3v) is 5.73. The summed E-state index contributed by atoms with van der Waals surface area (Å²) in [6.45, 7) is 19.7. The molecule has 1 rings (SSSR count). The van der Waals surface area contributed by atoms with E-state index in [1.54, 1.807) is 19.9 Å². The van der Waals surface area contributed by atoms with Crippen LogP contribution in [0.15, 0.2) is 12.2 Å². The van der Waals surface area contributed by atoms with Crippen LogP contribution in [0.3, 0.4) is 0 Å². The van der Waals surface area contributed by atoms with Gasteiger partial charge in [0.15, 0.2) is 5.78 Å². The number of hydrogen-bond donors (Lipinski definition) is 1. The molecule has 1 N–H and O–H groups in total. The number of carbonyl (C=O) groups excluding carboxylic acids is 3. The summed E-state index contributed by atoms with van der Waals surface area (Å²) in [6.07, 6.45) is 5.50. The Bertz CT molecular complexity index is 664. The summed E-state index contributed by atoms with van der Waals surface area (Å²) in [4.78, 5) is 35.9. The van der Waals surface area contributed by atoms with Crippen LogP contribution in [0, 0.1) is 17.8 Å². The molecule has 1 heterocycles. The number of ketones is 1. The molecule has 8 nitrogen and oxygen atoms in total. The second-order valence-electron chi connectivity index (χ2n) is 9.75. The summed E-state index contributed by atoms with van der Waals surface area (Å²) in [5.74, 6) is -3.11. The van der Waals surface area contributed by atoms with Crippen LogP contribution in [0.1, 0.15) is 102 Å². The van der Waals surface area contributed by atoms with E-state index in [-0.39, 0.29) is 30.5 Å². The lowest BCUT2D eigenvalue weighted by molar-refractivity contribution is -0.364. The van der Waals surface area contributed by atoms with Crippen molar-refractivity contribution in [2.45, 2.75) is 126 Å². The topological polar surface area (TPSA) is 102 Å². The highest BCUT2D eigenvalue weighted by Crippen LogP contribution is 2.26. The van der Waals surface area contributed by atoms with Gasteiger partial charge in [-0.25, -0.2) is 8.78 Å². The Labute approximate surface area is 235 Å². The van der Waals surface area contributed by atoms with Crippen LogP contribution in [-0.4, -0.2) is 65.9 Å². The van der Waals surface area contributed by atoms with Crippen molar-refractivity contribution in [3.05, 3.63) is 12.2 Å². The summed E-state index contributed by atoms with van der Waals surface area (Å²) >= 11 is 0. The van der Waals surface area contributed by atoms with Gasteiger partial charge in [-0.15, -0.1) is 0 Å². The van der Waals surface area contributed by atoms with Crippen molar-refractivity contribution >= 4 is 18.0 Å². The van der Waals surface area contributed by atoms with Crippen LogP contribution in [0.4, 0.5) is 8.78 Å². The van der Waals surface area contributed by atoms with Gasteiger partial charge in [-0.3, -0.25) is 19.6 Å². The summed E-state index contributed by atoms with van der Waals surface area (Å²) in [6, 6.07) is 0. The van der Waals surface area contributed by atoms with Gasteiger partial charge in [0.05, 0.1) is 24.9 Å². The first-order valence-electron chi connectivity index (χ1n) is 14.1. The molecule has 232 valence electrons. The third-order valence-electron chi connectivity index (χ3n) is 5.73. The molecule has 1 fully saturated rings. The molecule has 0 bridgehead atoms. The monoisotopic (exact) mass is 567 g/mol. The Morgan fingerprint density at radius 3 is 2.08 bits per heavy atom. The number of alkyl halides is 2. The van der Waals surface area contributed by atoms with Crippen molar-refractivity contribution in [1.82, 2.24) is 5.23 Å². The quantitative estimate of drug-likeness (QED) is 0.112. The van der Waals surface area contributed by atoms with E-state index >= 15 is 0 Å². The molecule has 0 aliphatic carbocycles. The Morgan fingerprint density at radius 1 is 1.13 bits per heavy atom. The maximum atomic E-state index is 13.5. The number of halogens is 2. The molecule has 1 saturated heterocycles. The molecule has 0 saturated carbocycles. The number of allylic oxidation sites excluding steroid dienone is 2. The van der Waals surface area contributed by atoms with E-state index in [1.807, 2.05) is 47.6 Å².